The summed E-state index contributed by atoms with van der Waals surface area (Å²) in [4.78, 5) is 28.5. The third kappa shape index (κ3) is 7.22. The van der Waals surface area contributed by atoms with Gasteiger partial charge in [0.05, 0.1) is 48.6 Å². The molecule has 2 amide bonds. The summed E-state index contributed by atoms with van der Waals surface area (Å²) >= 11 is 2.07. The molecular formula is C27H37IN2O9. The van der Waals surface area contributed by atoms with Crippen molar-refractivity contribution in [3.63, 3.8) is 0 Å². The zero-order valence-corrected chi connectivity index (χ0v) is 24.2. The highest BCUT2D eigenvalue weighted by Gasteiger charge is 2.43. The second-order valence-corrected chi connectivity index (χ2v) is 11.1. The second kappa shape index (κ2) is 14.1. The first-order valence-corrected chi connectivity index (χ1v) is 14.4. The van der Waals surface area contributed by atoms with Gasteiger partial charge in [-0.2, -0.15) is 0 Å². The largest absolute Gasteiger partial charge is 0.493 e. The van der Waals surface area contributed by atoms with Gasteiger partial charge < -0.3 is 44.5 Å². The lowest BCUT2D eigenvalue weighted by molar-refractivity contribution is -0.145. The summed E-state index contributed by atoms with van der Waals surface area (Å²) in [6.45, 7) is 1.40. The van der Waals surface area contributed by atoms with E-state index >= 15 is 0 Å². The van der Waals surface area contributed by atoms with Crippen molar-refractivity contribution in [2.24, 2.45) is 5.92 Å². The molecule has 4 rings (SSSR count). The van der Waals surface area contributed by atoms with Gasteiger partial charge in [-0.15, -0.1) is 0 Å². The molecule has 0 radical (unpaired) electrons. The Morgan fingerprint density at radius 2 is 2.05 bits per heavy atom. The standard InChI is InChI=1S/C27H37IN2O9/c1-36-23-10-16(14-32)9-20(28)25(23)39-22-12-18(26(34)29-5-6-31)11-21(24(22)33)30(13-19-3-2-7-38-19)27(35)17-4-8-37-15-17/h9-10,12,17,19,21-22,24,31-33H,2-8,11,13-15H2,1H3,(H,29,34). The number of hydrogen-bond acceptors (Lipinski definition) is 9. The summed E-state index contributed by atoms with van der Waals surface area (Å²) in [6.07, 6.45) is 1.67. The summed E-state index contributed by atoms with van der Waals surface area (Å²) in [5.41, 5.74) is 0.981. The quantitative estimate of drug-likeness (QED) is 0.253. The van der Waals surface area contributed by atoms with E-state index in [0.717, 1.165) is 12.8 Å². The van der Waals surface area contributed by atoms with Gasteiger partial charge in [0.15, 0.2) is 11.5 Å². The molecule has 0 saturated carbocycles. The van der Waals surface area contributed by atoms with Gasteiger partial charge in [0, 0.05) is 38.3 Å². The zero-order chi connectivity index (χ0) is 27.9. The van der Waals surface area contributed by atoms with Gasteiger partial charge in [0.1, 0.15) is 12.2 Å². The highest BCUT2D eigenvalue weighted by atomic mass is 127. The Morgan fingerprint density at radius 3 is 2.69 bits per heavy atom. The van der Waals surface area contributed by atoms with E-state index in [4.69, 9.17) is 18.9 Å². The van der Waals surface area contributed by atoms with Gasteiger partial charge in [0.2, 0.25) is 11.8 Å². The Hall–Kier alpha value is -1.97. The number of aliphatic hydroxyl groups is 3. The average molecular weight is 661 g/mol. The lowest BCUT2D eigenvalue weighted by Crippen LogP contribution is -2.57. The summed E-state index contributed by atoms with van der Waals surface area (Å²) in [5, 5.41) is 33.1. The summed E-state index contributed by atoms with van der Waals surface area (Å²) in [6, 6.07) is 2.64. The number of rotatable bonds is 11. The molecule has 5 unspecified atom stereocenters. The van der Waals surface area contributed by atoms with Gasteiger partial charge in [0.25, 0.3) is 0 Å². The van der Waals surface area contributed by atoms with Crippen LogP contribution in [0.1, 0.15) is 31.2 Å². The number of hydrogen-bond donors (Lipinski definition) is 4. The van der Waals surface area contributed by atoms with Crippen LogP contribution in [0.2, 0.25) is 0 Å². The van der Waals surface area contributed by atoms with Crippen molar-refractivity contribution in [1.82, 2.24) is 10.2 Å². The molecule has 2 aliphatic heterocycles. The average Bonchev–Trinajstić information content (AvgIpc) is 3.67. The van der Waals surface area contributed by atoms with Crippen molar-refractivity contribution in [2.75, 3.05) is 46.6 Å². The number of amides is 2. The van der Waals surface area contributed by atoms with Crippen LogP contribution in [-0.2, 0) is 25.7 Å². The van der Waals surface area contributed by atoms with E-state index in [1.165, 1.54) is 7.11 Å². The summed E-state index contributed by atoms with van der Waals surface area (Å²) in [5.74, 6) is -0.145. The predicted octanol–water partition coefficient (Wildman–Crippen LogP) is 0.752. The number of ether oxygens (including phenoxy) is 4. The maximum Gasteiger partial charge on any atom is 0.247 e. The molecule has 0 bridgehead atoms. The number of nitrogens with one attached hydrogen (secondary N) is 1. The first-order valence-electron chi connectivity index (χ1n) is 13.3. The molecule has 0 aromatic heterocycles. The second-order valence-electron chi connectivity index (χ2n) is 9.97. The molecule has 2 heterocycles. The minimum absolute atomic E-state index is 0.0707. The third-order valence-corrected chi connectivity index (χ3v) is 8.13. The third-order valence-electron chi connectivity index (χ3n) is 7.33. The van der Waals surface area contributed by atoms with E-state index in [0.29, 0.717) is 59.0 Å². The summed E-state index contributed by atoms with van der Waals surface area (Å²) in [7, 11) is 1.48. The van der Waals surface area contributed by atoms with Crippen molar-refractivity contribution in [3.05, 3.63) is 32.9 Å². The first-order chi connectivity index (χ1) is 18.9. The molecule has 1 aromatic carbocycles. The van der Waals surface area contributed by atoms with E-state index in [2.05, 4.69) is 27.9 Å². The number of methoxy groups -OCH3 is 1. The van der Waals surface area contributed by atoms with E-state index in [1.807, 2.05) is 0 Å². The van der Waals surface area contributed by atoms with Crippen LogP contribution in [0.5, 0.6) is 11.5 Å². The monoisotopic (exact) mass is 660 g/mol. The fraction of sp³-hybridized carbons (Fsp3) is 0.630. The SMILES string of the molecule is COc1cc(CO)cc(I)c1OC1C=C(C(=O)NCCO)CC(N(CC2CCCO2)C(=O)C2CCOC2)C1O. The summed E-state index contributed by atoms with van der Waals surface area (Å²) < 4.78 is 23.8. The molecule has 39 heavy (non-hydrogen) atoms. The molecule has 2 saturated heterocycles. The lowest BCUT2D eigenvalue weighted by atomic mass is 9.87. The van der Waals surface area contributed by atoms with Crippen LogP contribution in [0.3, 0.4) is 0 Å². The number of carbonyl (C=O) groups is 2. The molecule has 5 atom stereocenters. The van der Waals surface area contributed by atoms with E-state index in [9.17, 15) is 24.9 Å². The number of aliphatic hydroxyl groups excluding tert-OH is 3. The molecule has 216 valence electrons. The molecule has 2 fully saturated rings. The van der Waals surface area contributed by atoms with Crippen molar-refractivity contribution in [3.8, 4) is 11.5 Å². The van der Waals surface area contributed by atoms with E-state index in [1.54, 1.807) is 23.1 Å². The molecule has 11 nitrogen and oxygen atoms in total. The highest BCUT2D eigenvalue weighted by Crippen LogP contribution is 2.37. The zero-order valence-electron chi connectivity index (χ0n) is 22.0. The van der Waals surface area contributed by atoms with Crippen LogP contribution in [0.4, 0.5) is 0 Å². The number of nitrogens with zero attached hydrogens (tertiary/aromatic N) is 1. The molecule has 12 heteroatoms. The number of benzene rings is 1. The van der Waals surface area contributed by atoms with Crippen LogP contribution >= 0.6 is 22.6 Å². The smallest absolute Gasteiger partial charge is 0.247 e. The molecule has 1 aliphatic carbocycles. The fourth-order valence-corrected chi connectivity index (χ4v) is 6.05. The van der Waals surface area contributed by atoms with Gasteiger partial charge in [-0.1, -0.05) is 0 Å². The van der Waals surface area contributed by atoms with Gasteiger partial charge in [-0.25, -0.2) is 0 Å². The minimum Gasteiger partial charge on any atom is -0.493 e. The Bertz CT molecular complexity index is 1040. The Labute approximate surface area is 241 Å². The topological polar surface area (TPSA) is 147 Å². The van der Waals surface area contributed by atoms with Gasteiger partial charge in [-0.3, -0.25) is 9.59 Å². The molecule has 4 N–H and O–H groups in total. The van der Waals surface area contributed by atoms with Crippen molar-refractivity contribution >= 4 is 34.4 Å². The van der Waals surface area contributed by atoms with Crippen LogP contribution in [0.25, 0.3) is 0 Å². The Morgan fingerprint density at radius 1 is 1.23 bits per heavy atom. The first kappa shape index (κ1) is 30.0. The maximum atomic E-state index is 13.8. The minimum atomic E-state index is -1.16. The molecule has 3 aliphatic rings. The fourth-order valence-electron chi connectivity index (χ4n) is 5.25. The normalized spacial score (nSPS) is 26.7. The van der Waals surface area contributed by atoms with E-state index in [-0.39, 0.29) is 44.1 Å². The lowest BCUT2D eigenvalue weighted by Gasteiger charge is -2.42. The van der Waals surface area contributed by atoms with E-state index < -0.39 is 24.2 Å². The van der Waals surface area contributed by atoms with Crippen LogP contribution < -0.4 is 14.8 Å². The number of carbonyl (C=O) groups excluding carboxylic acids is 2. The predicted molar refractivity (Wildman–Crippen MR) is 148 cm³/mol. The van der Waals surface area contributed by atoms with Crippen LogP contribution in [0, 0.1) is 9.49 Å². The molecular weight excluding hydrogens is 623 g/mol. The van der Waals surface area contributed by atoms with Crippen molar-refractivity contribution in [2.45, 2.75) is 56.6 Å². The Balaban J connectivity index is 1.68. The molecule has 0 spiro atoms. The van der Waals surface area contributed by atoms with Gasteiger partial charge in [-0.05, 0) is 65.6 Å². The Kier molecular flexibility index (Phi) is 10.8. The molecule has 1 aromatic rings. The van der Waals surface area contributed by atoms with Crippen molar-refractivity contribution < 1.29 is 43.9 Å². The number of halogens is 1. The maximum absolute atomic E-state index is 13.8. The van der Waals surface area contributed by atoms with Crippen molar-refractivity contribution in [1.29, 1.82) is 0 Å². The highest BCUT2D eigenvalue weighted by molar-refractivity contribution is 14.1. The van der Waals surface area contributed by atoms with Gasteiger partial charge >= 0.3 is 0 Å². The van der Waals surface area contributed by atoms with Crippen LogP contribution in [-0.4, -0.2) is 103 Å². The van der Waals surface area contributed by atoms with Crippen LogP contribution in [0.15, 0.2) is 23.8 Å².